The normalized spacial score (nSPS) is 11.9. The Labute approximate surface area is 307 Å². The summed E-state index contributed by atoms with van der Waals surface area (Å²) in [4.78, 5) is 2.37. The zero-order chi connectivity index (χ0) is 34.8. The molecule has 0 atom stereocenters. The molecule has 0 unspecified atom stereocenters. The molecule has 52 heavy (non-hydrogen) atoms. The van der Waals surface area contributed by atoms with Crippen LogP contribution in [0, 0.1) is 0 Å². The van der Waals surface area contributed by atoms with Gasteiger partial charge in [0.05, 0.1) is 15.4 Å². The molecule has 246 valence electrons. The van der Waals surface area contributed by atoms with Gasteiger partial charge in [0, 0.05) is 22.3 Å². The van der Waals surface area contributed by atoms with Crippen LogP contribution in [-0.2, 0) is 0 Å². The highest BCUT2D eigenvalue weighted by molar-refractivity contribution is 7.23. The summed E-state index contributed by atoms with van der Waals surface area (Å²) < 4.78 is 1.17. The fourth-order valence-electron chi connectivity index (χ4n) is 8.20. The van der Waals surface area contributed by atoms with Crippen LogP contribution >= 0.6 is 11.3 Å². The summed E-state index contributed by atoms with van der Waals surface area (Å²) in [6.07, 6.45) is 4.18. The van der Waals surface area contributed by atoms with E-state index in [4.69, 9.17) is 5.73 Å². The molecular weight excluding hydrogens is 649 g/mol. The van der Waals surface area contributed by atoms with Crippen molar-refractivity contribution >= 4 is 71.1 Å². The first-order chi connectivity index (χ1) is 25.7. The summed E-state index contributed by atoms with van der Waals surface area (Å²) >= 11 is 1.65. The van der Waals surface area contributed by atoms with E-state index in [1.807, 2.05) is 6.92 Å². The summed E-state index contributed by atoms with van der Waals surface area (Å²) in [6.45, 7) is 2.04. The molecule has 0 bridgehead atoms. The molecular formula is C49H34N2S. The van der Waals surface area contributed by atoms with Crippen molar-refractivity contribution in [1.29, 1.82) is 0 Å². The number of nitrogens with zero attached hydrogens (tertiary/aromatic N) is 1. The first-order valence-corrected chi connectivity index (χ1v) is 18.6. The molecule has 0 aliphatic heterocycles. The van der Waals surface area contributed by atoms with E-state index in [2.05, 4.69) is 181 Å². The van der Waals surface area contributed by atoms with Crippen molar-refractivity contribution in [3.63, 3.8) is 0 Å². The average Bonchev–Trinajstić information content (AvgIpc) is 3.70. The molecule has 1 aromatic heterocycles. The van der Waals surface area contributed by atoms with E-state index in [-0.39, 0.29) is 0 Å². The second kappa shape index (κ2) is 12.1. The minimum absolute atomic E-state index is 0.830. The van der Waals surface area contributed by atoms with Crippen LogP contribution in [0.15, 0.2) is 170 Å². The number of hydrogen-bond acceptors (Lipinski definition) is 3. The third-order valence-corrected chi connectivity index (χ3v) is 11.6. The average molecular weight is 683 g/mol. The molecule has 2 N–H and O–H groups in total. The highest BCUT2D eigenvalue weighted by Crippen LogP contribution is 2.50. The second-order valence-corrected chi connectivity index (χ2v) is 14.5. The summed E-state index contributed by atoms with van der Waals surface area (Å²) in [7, 11) is 0. The van der Waals surface area contributed by atoms with Gasteiger partial charge in [0.1, 0.15) is 0 Å². The van der Waals surface area contributed by atoms with Gasteiger partial charge >= 0.3 is 0 Å². The number of fused-ring (bicyclic) bond motifs is 5. The molecule has 3 heteroatoms. The zero-order valence-electron chi connectivity index (χ0n) is 28.7. The number of allylic oxidation sites excluding steroid dienone is 1. The predicted molar refractivity (Wildman–Crippen MR) is 226 cm³/mol. The second-order valence-electron chi connectivity index (χ2n) is 13.4. The van der Waals surface area contributed by atoms with Gasteiger partial charge in [0.2, 0.25) is 0 Å². The van der Waals surface area contributed by atoms with Gasteiger partial charge in [-0.15, -0.1) is 11.3 Å². The highest BCUT2D eigenvalue weighted by atomic mass is 32.1. The quantitative estimate of drug-likeness (QED) is 0.189. The van der Waals surface area contributed by atoms with Gasteiger partial charge in [-0.05, 0) is 103 Å². The summed E-state index contributed by atoms with van der Waals surface area (Å²) in [6, 6.07) is 59.8. The van der Waals surface area contributed by atoms with Gasteiger partial charge in [-0.1, -0.05) is 146 Å². The van der Waals surface area contributed by atoms with Gasteiger partial charge in [-0.3, -0.25) is 0 Å². The van der Waals surface area contributed by atoms with Gasteiger partial charge < -0.3 is 10.6 Å². The molecule has 8 aromatic carbocycles. The predicted octanol–water partition coefficient (Wildman–Crippen LogP) is 14.3. The lowest BCUT2D eigenvalue weighted by molar-refractivity contribution is 1.30. The summed E-state index contributed by atoms with van der Waals surface area (Å²) in [5.74, 6) is 0. The molecule has 1 heterocycles. The Hall–Kier alpha value is -6.42. The molecule has 0 saturated carbocycles. The molecule has 0 radical (unpaired) electrons. The minimum Gasteiger partial charge on any atom is -0.390 e. The Morgan fingerprint density at radius 3 is 1.73 bits per heavy atom. The number of thiophene rings is 1. The van der Waals surface area contributed by atoms with Crippen LogP contribution in [0.4, 0.5) is 22.1 Å². The van der Waals surface area contributed by atoms with Crippen LogP contribution in [0.25, 0.3) is 82.2 Å². The molecule has 0 saturated heterocycles. The van der Waals surface area contributed by atoms with E-state index in [1.54, 1.807) is 11.3 Å². The first kappa shape index (κ1) is 30.4. The topological polar surface area (TPSA) is 29.3 Å². The van der Waals surface area contributed by atoms with Crippen molar-refractivity contribution in [3.05, 3.63) is 175 Å². The number of anilines is 4. The number of benzene rings is 8. The lowest BCUT2D eigenvalue weighted by Crippen LogP contribution is -2.10. The summed E-state index contributed by atoms with van der Waals surface area (Å²) in [5, 5.41) is 7.13. The van der Waals surface area contributed by atoms with Crippen molar-refractivity contribution in [1.82, 2.24) is 0 Å². The van der Waals surface area contributed by atoms with Gasteiger partial charge in [0.15, 0.2) is 0 Å². The van der Waals surface area contributed by atoms with Crippen LogP contribution in [-0.4, -0.2) is 0 Å². The first-order valence-electron chi connectivity index (χ1n) is 17.8. The molecule has 0 spiro atoms. The Morgan fingerprint density at radius 1 is 0.481 bits per heavy atom. The third-order valence-electron chi connectivity index (χ3n) is 10.5. The molecule has 0 amide bonds. The molecule has 1 aliphatic carbocycles. The van der Waals surface area contributed by atoms with E-state index in [0.29, 0.717) is 0 Å². The van der Waals surface area contributed by atoms with E-state index < -0.39 is 0 Å². The van der Waals surface area contributed by atoms with Crippen molar-refractivity contribution in [3.8, 4) is 44.5 Å². The van der Waals surface area contributed by atoms with Crippen molar-refractivity contribution in [2.24, 2.45) is 0 Å². The fourth-order valence-corrected chi connectivity index (χ4v) is 9.26. The number of nitrogens with two attached hydrogens (primary N) is 1. The van der Waals surface area contributed by atoms with Crippen molar-refractivity contribution in [2.75, 3.05) is 10.6 Å². The summed E-state index contributed by atoms with van der Waals surface area (Å²) in [5.41, 5.74) is 21.2. The molecule has 9 aromatic rings. The van der Waals surface area contributed by atoms with Crippen molar-refractivity contribution in [2.45, 2.75) is 6.92 Å². The van der Waals surface area contributed by atoms with E-state index in [1.165, 1.54) is 76.1 Å². The lowest BCUT2D eigenvalue weighted by atomic mass is 9.94. The van der Waals surface area contributed by atoms with E-state index in [9.17, 15) is 0 Å². The molecule has 0 fully saturated rings. The van der Waals surface area contributed by atoms with Crippen LogP contribution < -0.4 is 10.6 Å². The Kier molecular flexibility index (Phi) is 7.09. The van der Waals surface area contributed by atoms with E-state index >= 15 is 0 Å². The highest BCUT2D eigenvalue weighted by Gasteiger charge is 2.23. The standard InChI is InChI=1S/C49H34N2S/c1-2-10-45-44-19-9-20-46(48(44)52-49(45)50)51(34-25-21-32(22-26-34)37-16-7-12-31-11-3-4-13-36(31)37)35-27-23-33(24-28-35)38-29-30-43-40-15-6-5-14-39(40)42-18-8-17-41(38)47(42)43/h2-30H,50H2,1H3/b10-2-. The molecule has 10 rings (SSSR count). The third kappa shape index (κ3) is 4.71. The monoisotopic (exact) mass is 682 g/mol. The smallest absolute Gasteiger partial charge is 0.0943 e. The largest absolute Gasteiger partial charge is 0.390 e. The maximum absolute atomic E-state index is 6.65. The van der Waals surface area contributed by atoms with Crippen LogP contribution in [0.2, 0.25) is 0 Å². The van der Waals surface area contributed by atoms with Crippen LogP contribution in [0.3, 0.4) is 0 Å². The van der Waals surface area contributed by atoms with Crippen LogP contribution in [0.5, 0.6) is 0 Å². The van der Waals surface area contributed by atoms with Crippen molar-refractivity contribution < 1.29 is 0 Å². The molecule has 2 nitrogen and oxygen atoms in total. The van der Waals surface area contributed by atoms with Gasteiger partial charge in [-0.25, -0.2) is 0 Å². The number of nitrogen functional groups attached to an aromatic ring is 1. The number of hydrogen-bond donors (Lipinski definition) is 1. The van der Waals surface area contributed by atoms with Crippen LogP contribution in [0.1, 0.15) is 12.5 Å². The SMILES string of the molecule is C/C=C\c1c(N)sc2c(N(c3ccc(-c4cccc5ccccc45)cc3)c3ccc(-c4ccc5c6c(cccc46)-c4ccccc4-5)cc3)cccc12. The lowest BCUT2D eigenvalue weighted by Gasteiger charge is -2.26. The maximum Gasteiger partial charge on any atom is 0.0943 e. The number of rotatable bonds is 6. The minimum atomic E-state index is 0.830. The molecule has 1 aliphatic rings. The Balaban J connectivity index is 1.11. The van der Waals surface area contributed by atoms with Gasteiger partial charge in [-0.2, -0.15) is 0 Å². The maximum atomic E-state index is 6.65. The van der Waals surface area contributed by atoms with E-state index in [0.717, 1.165) is 27.6 Å². The Bertz CT molecular complexity index is 2830. The zero-order valence-corrected chi connectivity index (χ0v) is 29.5. The fraction of sp³-hybridized carbons (Fsp3) is 0.0204. The van der Waals surface area contributed by atoms with Gasteiger partial charge in [0.25, 0.3) is 0 Å². The Morgan fingerprint density at radius 2 is 1.00 bits per heavy atom.